The maximum Gasteiger partial charge on any atom is 0.0868 e. The normalized spacial score (nSPS) is 50.1. The van der Waals surface area contributed by atoms with Crippen LogP contribution >= 0.6 is 31.9 Å². The summed E-state index contributed by atoms with van der Waals surface area (Å²) in [7, 11) is 0. The van der Waals surface area contributed by atoms with Crippen molar-refractivity contribution in [1.29, 1.82) is 0 Å². The van der Waals surface area contributed by atoms with Crippen LogP contribution in [0.2, 0.25) is 0 Å². The molecule has 0 aromatic rings. The van der Waals surface area contributed by atoms with Gasteiger partial charge < -0.3 is 0 Å². The van der Waals surface area contributed by atoms with Crippen molar-refractivity contribution in [2.45, 2.75) is 29.4 Å². The zero-order chi connectivity index (χ0) is 7.35. The molecule has 10 heavy (non-hydrogen) atoms. The van der Waals surface area contributed by atoms with Crippen LogP contribution in [-0.2, 0) is 0 Å². The van der Waals surface area contributed by atoms with Gasteiger partial charge in [0, 0.05) is 0 Å². The van der Waals surface area contributed by atoms with Gasteiger partial charge in [-0.3, -0.25) is 0 Å². The fourth-order valence-corrected chi connectivity index (χ4v) is 4.03. The van der Waals surface area contributed by atoms with Crippen LogP contribution < -0.4 is 0 Å². The molecule has 58 valence electrons. The summed E-state index contributed by atoms with van der Waals surface area (Å²) in [5.41, 5.74) is 0. The van der Waals surface area contributed by atoms with Crippen molar-refractivity contribution >= 4 is 31.9 Å². The van der Waals surface area contributed by atoms with Gasteiger partial charge in [-0.25, -0.2) is 0 Å². The molecule has 0 aromatic heterocycles. The second-order valence-electron chi connectivity index (χ2n) is 3.81. The first-order valence-electron chi connectivity index (χ1n) is 4.00. The molecule has 0 heterocycles. The third-order valence-electron chi connectivity index (χ3n) is 2.99. The van der Waals surface area contributed by atoms with Gasteiger partial charge in [0.2, 0.25) is 0 Å². The molecule has 2 aliphatic rings. The standard InChI is InChI=1S/C8H12Br2/c1-5-2-3-6-7(4-5)8(6,9)10/h5-7H,2-4H2,1H3/t5-,6+,7+/m1/s1. The minimum atomic E-state index is 0.352. The molecule has 0 unspecified atom stereocenters. The number of rotatable bonds is 0. The van der Waals surface area contributed by atoms with E-state index in [1.807, 2.05) is 0 Å². The monoisotopic (exact) mass is 266 g/mol. The fraction of sp³-hybridized carbons (Fsp3) is 1.00. The SMILES string of the molecule is C[C@@H]1CC[C@H]2[C@H](C1)C2(Br)Br. The summed E-state index contributed by atoms with van der Waals surface area (Å²) in [6.07, 6.45) is 4.27. The zero-order valence-corrected chi connectivity index (χ0v) is 9.28. The number of halogens is 2. The summed E-state index contributed by atoms with van der Waals surface area (Å²) in [5.74, 6) is 2.82. The lowest BCUT2D eigenvalue weighted by Gasteiger charge is -2.14. The lowest BCUT2D eigenvalue weighted by Crippen LogP contribution is -2.03. The van der Waals surface area contributed by atoms with Crippen molar-refractivity contribution < 1.29 is 0 Å². The Bertz CT molecular complexity index is 153. The first kappa shape index (κ1) is 7.60. The minimum absolute atomic E-state index is 0.352. The van der Waals surface area contributed by atoms with E-state index >= 15 is 0 Å². The van der Waals surface area contributed by atoms with Crippen LogP contribution in [0.3, 0.4) is 0 Å². The van der Waals surface area contributed by atoms with Crippen LogP contribution in [0, 0.1) is 17.8 Å². The van der Waals surface area contributed by atoms with Gasteiger partial charge >= 0.3 is 0 Å². The van der Waals surface area contributed by atoms with Crippen LogP contribution in [0.5, 0.6) is 0 Å². The third-order valence-corrected chi connectivity index (χ3v) is 5.34. The Morgan fingerprint density at radius 1 is 1.20 bits per heavy atom. The Morgan fingerprint density at radius 3 is 2.40 bits per heavy atom. The molecular formula is C8H12Br2. The number of fused-ring (bicyclic) bond motifs is 1. The molecule has 0 bridgehead atoms. The second kappa shape index (κ2) is 2.22. The molecular weight excluding hydrogens is 256 g/mol. The summed E-state index contributed by atoms with van der Waals surface area (Å²) in [4.78, 5) is 0. The maximum absolute atomic E-state index is 3.72. The summed E-state index contributed by atoms with van der Waals surface area (Å²) in [5, 5.41) is 0. The highest BCUT2D eigenvalue weighted by molar-refractivity contribution is 9.25. The number of hydrogen-bond donors (Lipinski definition) is 0. The molecule has 0 spiro atoms. The highest BCUT2D eigenvalue weighted by atomic mass is 79.9. The Morgan fingerprint density at radius 2 is 1.90 bits per heavy atom. The Labute approximate surface area is 79.0 Å². The van der Waals surface area contributed by atoms with Gasteiger partial charge in [0.05, 0.1) is 3.23 Å². The van der Waals surface area contributed by atoms with E-state index in [-0.39, 0.29) is 0 Å². The van der Waals surface area contributed by atoms with E-state index in [1.165, 1.54) is 19.3 Å². The lowest BCUT2D eigenvalue weighted by molar-refractivity contribution is 0.368. The van der Waals surface area contributed by atoms with Crippen molar-refractivity contribution in [3.8, 4) is 0 Å². The van der Waals surface area contributed by atoms with Gasteiger partial charge in [-0.15, -0.1) is 0 Å². The van der Waals surface area contributed by atoms with Gasteiger partial charge in [0.25, 0.3) is 0 Å². The van der Waals surface area contributed by atoms with Crippen LogP contribution in [0.1, 0.15) is 26.2 Å². The predicted octanol–water partition coefficient (Wildman–Crippen LogP) is 3.54. The molecule has 0 nitrogen and oxygen atoms in total. The van der Waals surface area contributed by atoms with Gasteiger partial charge in [-0.1, -0.05) is 45.2 Å². The lowest BCUT2D eigenvalue weighted by atomic mass is 9.91. The Hall–Kier alpha value is 0.960. The predicted molar refractivity (Wildman–Crippen MR) is 50.6 cm³/mol. The van der Waals surface area contributed by atoms with E-state index < -0.39 is 0 Å². The molecule has 2 rings (SSSR count). The number of hydrogen-bond acceptors (Lipinski definition) is 0. The molecule has 2 saturated carbocycles. The van der Waals surface area contributed by atoms with Crippen molar-refractivity contribution in [2.75, 3.05) is 0 Å². The van der Waals surface area contributed by atoms with E-state index in [0.717, 1.165) is 17.8 Å². The van der Waals surface area contributed by atoms with Gasteiger partial charge in [-0.2, -0.15) is 0 Å². The molecule has 3 atom stereocenters. The van der Waals surface area contributed by atoms with E-state index in [0.29, 0.717) is 3.23 Å². The summed E-state index contributed by atoms with van der Waals surface area (Å²) in [6.45, 7) is 2.37. The van der Waals surface area contributed by atoms with E-state index in [4.69, 9.17) is 0 Å². The van der Waals surface area contributed by atoms with Crippen molar-refractivity contribution in [3.05, 3.63) is 0 Å². The van der Waals surface area contributed by atoms with Gasteiger partial charge in [0.15, 0.2) is 0 Å². The van der Waals surface area contributed by atoms with Gasteiger partial charge in [-0.05, 0) is 30.6 Å². The van der Waals surface area contributed by atoms with Gasteiger partial charge in [0.1, 0.15) is 0 Å². The van der Waals surface area contributed by atoms with Crippen LogP contribution in [0.25, 0.3) is 0 Å². The quantitative estimate of drug-likeness (QED) is 0.589. The second-order valence-corrected chi connectivity index (χ2v) is 7.49. The molecule has 0 aromatic carbocycles. The molecule has 2 aliphatic carbocycles. The summed E-state index contributed by atoms with van der Waals surface area (Å²) < 4.78 is 0.352. The molecule has 2 heteroatoms. The van der Waals surface area contributed by atoms with Crippen LogP contribution in [-0.4, -0.2) is 3.23 Å². The molecule has 0 aliphatic heterocycles. The van der Waals surface area contributed by atoms with Crippen molar-refractivity contribution in [3.63, 3.8) is 0 Å². The Balaban J connectivity index is 2.04. The molecule has 0 N–H and O–H groups in total. The minimum Gasteiger partial charge on any atom is -0.0721 e. The Kier molecular flexibility index (Phi) is 1.69. The molecule has 0 radical (unpaired) electrons. The average molecular weight is 268 g/mol. The highest BCUT2D eigenvalue weighted by Crippen LogP contribution is 2.68. The first-order valence-corrected chi connectivity index (χ1v) is 5.58. The average Bonchev–Trinajstić information content (AvgIpc) is 2.36. The first-order chi connectivity index (χ1) is 4.62. The molecule has 2 fully saturated rings. The van der Waals surface area contributed by atoms with E-state index in [1.54, 1.807) is 0 Å². The summed E-state index contributed by atoms with van der Waals surface area (Å²) >= 11 is 7.45. The van der Waals surface area contributed by atoms with Crippen LogP contribution in [0.15, 0.2) is 0 Å². The summed E-state index contributed by atoms with van der Waals surface area (Å²) in [6, 6.07) is 0. The van der Waals surface area contributed by atoms with Crippen LogP contribution in [0.4, 0.5) is 0 Å². The molecule has 0 amide bonds. The maximum atomic E-state index is 3.72. The largest absolute Gasteiger partial charge is 0.0868 e. The number of alkyl halides is 2. The smallest absolute Gasteiger partial charge is 0.0721 e. The fourth-order valence-electron chi connectivity index (χ4n) is 2.19. The zero-order valence-electron chi connectivity index (χ0n) is 6.11. The highest BCUT2D eigenvalue weighted by Gasteiger charge is 2.62. The van der Waals surface area contributed by atoms with Crippen molar-refractivity contribution in [2.24, 2.45) is 17.8 Å². The molecule has 0 saturated heterocycles. The topological polar surface area (TPSA) is 0 Å². The van der Waals surface area contributed by atoms with Crippen molar-refractivity contribution in [1.82, 2.24) is 0 Å². The van der Waals surface area contributed by atoms with E-state index in [9.17, 15) is 0 Å². The third kappa shape index (κ3) is 0.989. The van der Waals surface area contributed by atoms with E-state index in [2.05, 4.69) is 38.8 Å².